The smallest absolute Gasteiger partial charge is 0.325 e. The summed E-state index contributed by atoms with van der Waals surface area (Å²) in [5.74, 6) is 0.440. The average molecular weight is 301 g/mol. The molecule has 2 rings (SSSR count). The molecule has 1 aromatic heterocycles. The predicted octanol–water partition coefficient (Wildman–Crippen LogP) is 2.68. The lowest BCUT2D eigenvalue weighted by atomic mass is 10.1. The van der Waals surface area contributed by atoms with Gasteiger partial charge in [0.2, 0.25) is 0 Å². The van der Waals surface area contributed by atoms with Crippen molar-refractivity contribution in [2.75, 3.05) is 6.54 Å². The van der Waals surface area contributed by atoms with Crippen LogP contribution in [-0.4, -0.2) is 18.4 Å². The molecule has 0 saturated heterocycles. The van der Waals surface area contributed by atoms with E-state index >= 15 is 0 Å². The van der Waals surface area contributed by atoms with Gasteiger partial charge in [-0.25, -0.2) is 0 Å². The van der Waals surface area contributed by atoms with Crippen molar-refractivity contribution in [1.82, 2.24) is 5.32 Å². The monoisotopic (exact) mass is 301 g/mol. The number of hydrogen-bond acceptors (Lipinski definition) is 4. The number of ether oxygens (including phenoxy) is 1. The number of carbonyl (C=O) groups is 2. The second-order valence-electron chi connectivity index (χ2n) is 5.04. The molecule has 0 unspecified atom stereocenters. The summed E-state index contributed by atoms with van der Waals surface area (Å²) >= 11 is 0. The minimum atomic E-state index is -0.479. The number of hydrogen-bond donors (Lipinski definition) is 1. The number of benzene rings is 1. The molecule has 1 N–H and O–H groups in total. The van der Waals surface area contributed by atoms with Crippen LogP contribution in [0.1, 0.15) is 33.0 Å². The van der Waals surface area contributed by atoms with Crippen molar-refractivity contribution in [1.29, 1.82) is 0 Å². The van der Waals surface area contributed by atoms with E-state index < -0.39 is 5.97 Å². The summed E-state index contributed by atoms with van der Waals surface area (Å²) in [5, 5.41) is 2.56. The largest absolute Gasteiger partial charge is 0.466 e. The van der Waals surface area contributed by atoms with Gasteiger partial charge in [0, 0.05) is 5.56 Å². The van der Waals surface area contributed by atoms with Crippen LogP contribution in [0.15, 0.2) is 34.7 Å². The molecule has 2 aromatic rings. The van der Waals surface area contributed by atoms with Crippen molar-refractivity contribution in [2.24, 2.45) is 0 Å². The maximum absolute atomic E-state index is 12.1. The van der Waals surface area contributed by atoms with Gasteiger partial charge in [0.05, 0.1) is 5.56 Å². The molecule has 0 bridgehead atoms. The number of carbonyl (C=O) groups excluding carboxylic acids is 2. The highest BCUT2D eigenvalue weighted by molar-refractivity contribution is 5.98. The van der Waals surface area contributed by atoms with Crippen LogP contribution in [0.4, 0.5) is 0 Å². The molecule has 0 aliphatic rings. The first-order chi connectivity index (χ1) is 10.5. The average Bonchev–Trinajstić information content (AvgIpc) is 2.76. The molecular formula is C17H19NO4. The molecule has 0 aliphatic heterocycles. The number of amides is 1. The molecule has 0 radical (unpaired) electrons. The fourth-order valence-corrected chi connectivity index (χ4v) is 2.16. The molecule has 0 spiro atoms. The summed E-state index contributed by atoms with van der Waals surface area (Å²) in [6.45, 7) is 5.36. The minimum absolute atomic E-state index is 0.172. The zero-order valence-electron chi connectivity index (χ0n) is 12.9. The standard InChI is InChI=1S/C17H19NO4/c1-11-12(2)22-13(3)16(11)17(20)18-9-15(19)21-10-14-7-5-4-6-8-14/h4-8H,9-10H2,1-3H3,(H,18,20). The SMILES string of the molecule is Cc1oc(C)c(C(=O)NCC(=O)OCc2ccccc2)c1C. The maximum Gasteiger partial charge on any atom is 0.325 e. The first-order valence-electron chi connectivity index (χ1n) is 7.03. The number of rotatable bonds is 5. The van der Waals surface area contributed by atoms with E-state index in [-0.39, 0.29) is 19.1 Å². The van der Waals surface area contributed by atoms with Crippen LogP contribution < -0.4 is 5.32 Å². The highest BCUT2D eigenvalue weighted by Crippen LogP contribution is 2.20. The minimum Gasteiger partial charge on any atom is -0.466 e. The zero-order valence-corrected chi connectivity index (χ0v) is 12.9. The van der Waals surface area contributed by atoms with Gasteiger partial charge in [0.15, 0.2) is 0 Å². The fourth-order valence-electron chi connectivity index (χ4n) is 2.16. The Balaban J connectivity index is 1.84. The van der Waals surface area contributed by atoms with Gasteiger partial charge in [-0.15, -0.1) is 0 Å². The Labute approximate surface area is 129 Å². The van der Waals surface area contributed by atoms with Gasteiger partial charge in [0.25, 0.3) is 5.91 Å². The van der Waals surface area contributed by atoms with Gasteiger partial charge in [-0.3, -0.25) is 9.59 Å². The Bertz CT molecular complexity index is 673. The summed E-state index contributed by atoms with van der Waals surface area (Å²) in [6, 6.07) is 9.37. The van der Waals surface area contributed by atoms with E-state index in [9.17, 15) is 9.59 Å². The molecule has 5 nitrogen and oxygen atoms in total. The molecule has 22 heavy (non-hydrogen) atoms. The predicted molar refractivity (Wildman–Crippen MR) is 81.5 cm³/mol. The summed E-state index contributed by atoms with van der Waals surface area (Å²) < 4.78 is 10.5. The van der Waals surface area contributed by atoms with Crippen LogP contribution in [0, 0.1) is 20.8 Å². The Morgan fingerprint density at radius 2 is 1.77 bits per heavy atom. The molecule has 0 fully saturated rings. The summed E-state index contributed by atoms with van der Waals surface area (Å²) in [7, 11) is 0. The molecule has 1 aromatic carbocycles. The number of furan rings is 1. The lowest BCUT2D eigenvalue weighted by molar-refractivity contribution is -0.143. The van der Waals surface area contributed by atoms with Crippen LogP contribution >= 0.6 is 0 Å². The topological polar surface area (TPSA) is 68.5 Å². The molecule has 0 saturated carbocycles. The number of aryl methyl sites for hydroxylation is 2. The third-order valence-electron chi connectivity index (χ3n) is 3.42. The number of nitrogens with one attached hydrogen (secondary N) is 1. The second-order valence-corrected chi connectivity index (χ2v) is 5.04. The third kappa shape index (κ3) is 3.75. The van der Waals surface area contributed by atoms with E-state index in [1.54, 1.807) is 13.8 Å². The molecule has 1 heterocycles. The zero-order chi connectivity index (χ0) is 16.1. The highest BCUT2D eigenvalue weighted by Gasteiger charge is 2.19. The van der Waals surface area contributed by atoms with E-state index in [0.29, 0.717) is 17.1 Å². The molecule has 1 amide bonds. The summed E-state index contributed by atoms with van der Waals surface area (Å²) in [5.41, 5.74) is 2.17. The van der Waals surface area contributed by atoms with E-state index in [4.69, 9.17) is 9.15 Å². The third-order valence-corrected chi connectivity index (χ3v) is 3.42. The normalized spacial score (nSPS) is 10.3. The quantitative estimate of drug-likeness (QED) is 0.862. The second kappa shape index (κ2) is 6.93. The molecule has 116 valence electrons. The van der Waals surface area contributed by atoms with Crippen molar-refractivity contribution in [3.05, 3.63) is 58.5 Å². The molecule has 0 aliphatic carbocycles. The first-order valence-corrected chi connectivity index (χ1v) is 7.03. The molecular weight excluding hydrogens is 282 g/mol. The maximum atomic E-state index is 12.1. The van der Waals surface area contributed by atoms with Gasteiger partial charge in [-0.1, -0.05) is 30.3 Å². The van der Waals surface area contributed by atoms with Crippen LogP contribution in [-0.2, 0) is 16.1 Å². The van der Waals surface area contributed by atoms with Crippen LogP contribution in [0.3, 0.4) is 0 Å². The van der Waals surface area contributed by atoms with Crippen LogP contribution in [0.25, 0.3) is 0 Å². The summed E-state index contributed by atoms with van der Waals surface area (Å²) in [4.78, 5) is 23.8. The van der Waals surface area contributed by atoms with Crippen LogP contribution in [0.2, 0.25) is 0 Å². The lowest BCUT2D eigenvalue weighted by Crippen LogP contribution is -2.31. The number of esters is 1. The summed E-state index contributed by atoms with van der Waals surface area (Å²) in [6.07, 6.45) is 0. The van der Waals surface area contributed by atoms with E-state index in [2.05, 4.69) is 5.32 Å². The van der Waals surface area contributed by atoms with Crippen molar-refractivity contribution in [2.45, 2.75) is 27.4 Å². The molecule has 0 atom stereocenters. The van der Waals surface area contributed by atoms with Crippen LogP contribution in [0.5, 0.6) is 0 Å². The Morgan fingerprint density at radius 1 is 1.09 bits per heavy atom. The van der Waals surface area contributed by atoms with Gasteiger partial charge in [0.1, 0.15) is 24.7 Å². The molecule has 5 heteroatoms. The Hall–Kier alpha value is -2.56. The van der Waals surface area contributed by atoms with Gasteiger partial charge in [-0.05, 0) is 26.3 Å². The fraction of sp³-hybridized carbons (Fsp3) is 0.294. The van der Waals surface area contributed by atoms with Crippen molar-refractivity contribution in [3.8, 4) is 0 Å². The van der Waals surface area contributed by atoms with Crippen molar-refractivity contribution in [3.63, 3.8) is 0 Å². The highest BCUT2D eigenvalue weighted by atomic mass is 16.5. The lowest BCUT2D eigenvalue weighted by Gasteiger charge is -2.07. The van der Waals surface area contributed by atoms with Crippen molar-refractivity contribution >= 4 is 11.9 Å². The Kier molecular flexibility index (Phi) is 4.99. The van der Waals surface area contributed by atoms with Gasteiger partial charge in [-0.2, -0.15) is 0 Å². The van der Waals surface area contributed by atoms with E-state index in [1.807, 2.05) is 37.3 Å². The van der Waals surface area contributed by atoms with E-state index in [0.717, 1.165) is 11.1 Å². The Morgan fingerprint density at radius 3 is 2.36 bits per heavy atom. The van der Waals surface area contributed by atoms with Crippen molar-refractivity contribution < 1.29 is 18.7 Å². The van der Waals surface area contributed by atoms with E-state index in [1.165, 1.54) is 0 Å². The van der Waals surface area contributed by atoms with Gasteiger partial charge >= 0.3 is 5.97 Å². The van der Waals surface area contributed by atoms with Gasteiger partial charge < -0.3 is 14.5 Å². The first kappa shape index (κ1) is 15.8.